The van der Waals surface area contributed by atoms with Gasteiger partial charge in [-0.1, -0.05) is 54.9 Å². The predicted molar refractivity (Wildman–Crippen MR) is 196 cm³/mol. The zero-order valence-electron chi connectivity index (χ0n) is 33.9. The van der Waals surface area contributed by atoms with Crippen molar-refractivity contribution in [2.45, 2.75) is 178 Å². The van der Waals surface area contributed by atoms with Crippen LogP contribution in [-0.2, 0) is 38.1 Å². The first-order valence-corrected chi connectivity index (χ1v) is 20.3. The molecule has 0 saturated heterocycles. The summed E-state index contributed by atoms with van der Waals surface area (Å²) in [5.74, 6) is 1.68. The zero-order chi connectivity index (χ0) is 37.7. The number of hydrogen-bond acceptors (Lipinski definition) is 8. The van der Waals surface area contributed by atoms with Crippen molar-refractivity contribution in [1.29, 1.82) is 0 Å². The predicted octanol–water partition coefficient (Wildman–Crippen LogP) is 9.25. The van der Waals surface area contributed by atoms with Gasteiger partial charge in [0.25, 0.3) is 0 Å². The summed E-state index contributed by atoms with van der Waals surface area (Å²) < 4.78 is 22.1. The van der Waals surface area contributed by atoms with E-state index in [1.165, 1.54) is 98.3 Å². The van der Waals surface area contributed by atoms with Gasteiger partial charge in [0.2, 0.25) is 0 Å². The summed E-state index contributed by atoms with van der Waals surface area (Å²) in [4.78, 5) is 48.3. The molecule has 0 aromatic rings. The van der Waals surface area contributed by atoms with Gasteiger partial charge < -0.3 is 18.9 Å². The lowest BCUT2D eigenvalue weighted by Gasteiger charge is -2.73. The summed E-state index contributed by atoms with van der Waals surface area (Å²) in [6.45, 7) is 23.0. The van der Waals surface area contributed by atoms with E-state index in [2.05, 4.69) is 48.5 Å². The second kappa shape index (κ2) is 14.6. The monoisotopic (exact) mass is 715 g/mol. The van der Waals surface area contributed by atoms with Gasteiger partial charge in [-0.3, -0.25) is 19.2 Å². The van der Waals surface area contributed by atoms with Gasteiger partial charge in [0, 0.05) is 27.7 Å². The van der Waals surface area contributed by atoms with E-state index < -0.39 is 42.2 Å². The van der Waals surface area contributed by atoms with E-state index in [1.807, 2.05) is 0 Å². The Morgan fingerprint density at radius 1 is 0.588 bits per heavy atom. The Labute approximate surface area is 308 Å². The first kappa shape index (κ1) is 40.1. The lowest BCUT2D eigenvalue weighted by molar-refractivity contribution is -0.241. The van der Waals surface area contributed by atoms with E-state index in [-0.39, 0.29) is 6.61 Å². The Hall–Kier alpha value is -2.12. The van der Waals surface area contributed by atoms with Gasteiger partial charge in [-0.05, 0) is 140 Å². The molecule has 290 valence electrons. The van der Waals surface area contributed by atoms with Crippen molar-refractivity contribution in [1.82, 2.24) is 0 Å². The highest BCUT2D eigenvalue weighted by atomic mass is 16.6. The molecule has 0 N–H and O–H groups in total. The van der Waals surface area contributed by atoms with E-state index in [0.29, 0.717) is 51.2 Å². The van der Waals surface area contributed by atoms with Gasteiger partial charge in [0.05, 0.1) is 0 Å². The van der Waals surface area contributed by atoms with Crippen LogP contribution in [0.25, 0.3) is 0 Å². The highest BCUT2D eigenvalue weighted by Crippen LogP contribution is 2.78. The van der Waals surface area contributed by atoms with Crippen LogP contribution in [-0.4, -0.2) is 48.8 Å². The molecule has 51 heavy (non-hydrogen) atoms. The molecule has 0 spiro atoms. The molecule has 0 radical (unpaired) electrons. The molecule has 0 aromatic heterocycles. The topological polar surface area (TPSA) is 105 Å². The minimum Gasteiger partial charge on any atom is -0.462 e. The molecule has 0 amide bonds. The molecular formula is C43H70O8. The smallest absolute Gasteiger partial charge is 0.303 e. The Morgan fingerprint density at radius 3 is 1.75 bits per heavy atom. The van der Waals surface area contributed by atoms with Gasteiger partial charge in [0.15, 0.2) is 12.2 Å². The van der Waals surface area contributed by atoms with Crippen molar-refractivity contribution in [3.05, 3.63) is 0 Å². The molecule has 0 bridgehead atoms. The molecule has 5 fully saturated rings. The van der Waals surface area contributed by atoms with Crippen LogP contribution in [0.15, 0.2) is 0 Å². The highest BCUT2D eigenvalue weighted by molar-refractivity contribution is 5.68. The van der Waals surface area contributed by atoms with Crippen LogP contribution >= 0.6 is 0 Å². The maximum absolute atomic E-state index is 12.4. The van der Waals surface area contributed by atoms with E-state index in [9.17, 15) is 19.2 Å². The number of fused-ring (bicyclic) bond motifs is 7. The summed E-state index contributed by atoms with van der Waals surface area (Å²) in [6.07, 6.45) is 12.8. The summed E-state index contributed by atoms with van der Waals surface area (Å²) in [6, 6.07) is 0. The number of carbonyl (C=O) groups is 4. The quantitative estimate of drug-likeness (QED) is 0.154. The molecule has 8 heteroatoms. The number of ether oxygens (including phenoxy) is 4. The van der Waals surface area contributed by atoms with Crippen LogP contribution in [0.1, 0.15) is 160 Å². The summed E-state index contributed by atoms with van der Waals surface area (Å²) in [5, 5.41) is 0. The van der Waals surface area contributed by atoms with Crippen molar-refractivity contribution >= 4 is 23.9 Å². The van der Waals surface area contributed by atoms with Crippen LogP contribution in [0.5, 0.6) is 0 Å². The molecule has 13 atom stereocenters. The third kappa shape index (κ3) is 7.25. The fraction of sp³-hybridized carbons (Fsp3) is 0.907. The van der Waals surface area contributed by atoms with E-state index >= 15 is 0 Å². The normalized spacial score (nSPS) is 40.5. The Balaban J connectivity index is 1.33. The van der Waals surface area contributed by atoms with Crippen molar-refractivity contribution in [2.75, 3.05) is 6.61 Å². The second-order valence-electron chi connectivity index (χ2n) is 19.5. The van der Waals surface area contributed by atoms with Gasteiger partial charge in [-0.25, -0.2) is 0 Å². The second-order valence-corrected chi connectivity index (χ2v) is 19.5. The minimum atomic E-state index is -1.10. The minimum absolute atomic E-state index is 0.305. The van der Waals surface area contributed by atoms with Gasteiger partial charge >= 0.3 is 23.9 Å². The molecule has 5 aliphatic carbocycles. The number of carbonyl (C=O) groups excluding carboxylic acids is 4. The fourth-order valence-electron chi connectivity index (χ4n) is 14.4. The lowest BCUT2D eigenvalue weighted by Crippen LogP contribution is -2.65. The molecule has 8 nitrogen and oxygen atoms in total. The van der Waals surface area contributed by atoms with Crippen molar-refractivity contribution < 1.29 is 38.1 Å². The maximum atomic E-state index is 12.4. The Kier molecular flexibility index (Phi) is 11.5. The first-order chi connectivity index (χ1) is 23.7. The molecular weight excluding hydrogens is 644 g/mol. The van der Waals surface area contributed by atoms with Crippen molar-refractivity contribution in [2.24, 2.45) is 62.6 Å². The van der Waals surface area contributed by atoms with Crippen molar-refractivity contribution in [3.8, 4) is 0 Å². The third-order valence-corrected chi connectivity index (χ3v) is 16.5. The van der Waals surface area contributed by atoms with Gasteiger partial charge in [-0.2, -0.15) is 0 Å². The number of hydrogen-bond donors (Lipinski definition) is 0. The highest BCUT2D eigenvalue weighted by Gasteiger charge is 2.70. The molecule has 5 aliphatic rings. The average molecular weight is 715 g/mol. The van der Waals surface area contributed by atoms with Gasteiger partial charge in [-0.15, -0.1) is 0 Å². The van der Waals surface area contributed by atoms with Crippen LogP contribution in [0.4, 0.5) is 0 Å². The molecule has 0 unspecified atom stereocenters. The maximum Gasteiger partial charge on any atom is 0.303 e. The fourth-order valence-corrected chi connectivity index (χ4v) is 14.4. The Bertz CT molecular complexity index is 1320. The number of esters is 4. The first-order valence-electron chi connectivity index (χ1n) is 20.3. The average Bonchev–Trinajstić information content (AvgIpc) is 3.36. The summed E-state index contributed by atoms with van der Waals surface area (Å²) in [7, 11) is 0. The SMILES string of the molecule is CC(=O)OC[C@H](OC(C)=O)[C@H](OC(C)=O)[C@@H](CC[C@H](C)[C@H]1CC[C@@]2(C)[C@@H]1CC[C@]1(C)[C@H]2CC[C@@H]2[C@@]3(C)CCCC(C)(C)[C@@H]3CC[C@]21C)OC(C)=O. The largest absolute Gasteiger partial charge is 0.462 e. The summed E-state index contributed by atoms with van der Waals surface area (Å²) >= 11 is 0. The zero-order valence-corrected chi connectivity index (χ0v) is 33.9. The lowest BCUT2D eigenvalue weighted by atomic mass is 9.32. The van der Waals surface area contributed by atoms with E-state index in [1.54, 1.807) is 0 Å². The van der Waals surface area contributed by atoms with Crippen molar-refractivity contribution in [3.63, 3.8) is 0 Å². The molecule has 0 heterocycles. The number of rotatable bonds is 11. The van der Waals surface area contributed by atoms with Crippen LogP contribution < -0.4 is 0 Å². The molecule has 0 aromatic carbocycles. The Morgan fingerprint density at radius 2 is 1.16 bits per heavy atom. The molecule has 0 aliphatic heterocycles. The molecule has 5 saturated carbocycles. The van der Waals surface area contributed by atoms with Crippen LogP contribution in [0, 0.1) is 62.6 Å². The standard InChI is InChI=1S/C43H70O8/c1-26(13-14-33(49-28(3)45)38(51-30(5)47)34(50-29(4)46)25-48-27(2)44)31-17-22-40(8)32(31)18-23-42(10)36(40)15-16-37-41(9)21-12-20-39(6,7)35(41)19-24-43(37,42)11/h26,31-38H,12-25H2,1-11H3/t26-,31+,32+,33+,34-,35-,36-,37+,38+,40-,41-,42+,43+/m0/s1. The van der Waals surface area contributed by atoms with E-state index in [0.717, 1.165) is 24.2 Å². The van der Waals surface area contributed by atoms with E-state index in [4.69, 9.17) is 18.9 Å². The van der Waals surface area contributed by atoms with Crippen LogP contribution in [0.2, 0.25) is 0 Å². The third-order valence-electron chi connectivity index (χ3n) is 16.5. The summed E-state index contributed by atoms with van der Waals surface area (Å²) in [5.41, 5.74) is 1.92. The van der Waals surface area contributed by atoms with Gasteiger partial charge in [0.1, 0.15) is 12.7 Å². The van der Waals surface area contributed by atoms with Crippen LogP contribution in [0.3, 0.4) is 0 Å². The molecule has 5 rings (SSSR count).